The topological polar surface area (TPSA) is 32.3 Å². The number of benzene rings is 1. The zero-order valence-electron chi connectivity index (χ0n) is 11.4. The molecular weight excluding hydrogens is 290 g/mol. The first-order valence-electron chi connectivity index (χ1n) is 6.97. The molecule has 0 saturated heterocycles. The molecule has 3 rings (SSSR count). The highest BCUT2D eigenvalue weighted by atomic mass is 35.5. The lowest BCUT2D eigenvalue weighted by Gasteiger charge is -2.26. The van der Waals surface area contributed by atoms with Crippen LogP contribution in [0.25, 0.3) is 0 Å². The number of fused-ring (bicyclic) bond motifs is 1. The average molecular weight is 308 g/mol. The van der Waals surface area contributed by atoms with Gasteiger partial charge in [0.05, 0.1) is 16.5 Å². The number of aliphatic hydroxyl groups excluding tert-OH is 1. The second kappa shape index (κ2) is 5.76. The Morgan fingerprint density at radius 2 is 2.20 bits per heavy atom. The maximum absolute atomic E-state index is 9.87. The lowest BCUT2D eigenvalue weighted by Crippen LogP contribution is -2.16. The molecule has 4 heteroatoms. The van der Waals surface area contributed by atoms with Gasteiger partial charge >= 0.3 is 0 Å². The highest BCUT2D eigenvalue weighted by Crippen LogP contribution is 2.40. The number of thiophene rings is 1. The van der Waals surface area contributed by atoms with Gasteiger partial charge in [0.2, 0.25) is 0 Å². The van der Waals surface area contributed by atoms with Crippen LogP contribution in [-0.4, -0.2) is 5.11 Å². The van der Waals surface area contributed by atoms with Gasteiger partial charge in [0.25, 0.3) is 0 Å². The van der Waals surface area contributed by atoms with E-state index in [9.17, 15) is 5.11 Å². The molecule has 0 aliphatic heterocycles. The van der Waals surface area contributed by atoms with Crippen LogP contribution in [0.2, 0.25) is 4.34 Å². The minimum absolute atomic E-state index is 0.294. The molecule has 0 fully saturated rings. The number of hydrogen-bond acceptors (Lipinski definition) is 3. The summed E-state index contributed by atoms with van der Waals surface area (Å²) in [5, 5.41) is 13.5. The van der Waals surface area contributed by atoms with E-state index in [1.807, 2.05) is 24.3 Å². The van der Waals surface area contributed by atoms with Crippen molar-refractivity contribution in [3.05, 3.63) is 50.7 Å². The van der Waals surface area contributed by atoms with E-state index in [-0.39, 0.29) is 0 Å². The Morgan fingerprint density at radius 3 is 3.00 bits per heavy atom. The summed E-state index contributed by atoms with van der Waals surface area (Å²) in [4.78, 5) is 1.40. The number of anilines is 1. The second-order valence-corrected chi connectivity index (χ2v) is 7.05. The van der Waals surface area contributed by atoms with Crippen molar-refractivity contribution in [2.45, 2.75) is 38.3 Å². The van der Waals surface area contributed by atoms with E-state index in [1.165, 1.54) is 16.9 Å². The van der Waals surface area contributed by atoms with Crippen LogP contribution >= 0.6 is 22.9 Å². The Balaban J connectivity index is 1.89. The van der Waals surface area contributed by atoms with Gasteiger partial charge in [-0.3, -0.25) is 0 Å². The van der Waals surface area contributed by atoms with Crippen LogP contribution in [0.3, 0.4) is 0 Å². The van der Waals surface area contributed by atoms with E-state index in [0.717, 1.165) is 28.4 Å². The predicted molar refractivity (Wildman–Crippen MR) is 85.7 cm³/mol. The summed E-state index contributed by atoms with van der Waals surface area (Å²) in [6, 6.07) is 10.3. The number of rotatable bonds is 3. The molecule has 0 amide bonds. The fourth-order valence-corrected chi connectivity index (χ4v) is 4.24. The predicted octanol–water partition coefficient (Wildman–Crippen LogP) is 4.94. The molecule has 0 saturated carbocycles. The van der Waals surface area contributed by atoms with Crippen LogP contribution < -0.4 is 5.32 Å². The summed E-state index contributed by atoms with van der Waals surface area (Å²) in [5.74, 6) is 0. The minimum Gasteiger partial charge on any atom is -0.389 e. The van der Waals surface area contributed by atoms with Gasteiger partial charge in [-0.05, 0) is 43.9 Å². The third kappa shape index (κ3) is 2.71. The summed E-state index contributed by atoms with van der Waals surface area (Å²) < 4.78 is 0.868. The van der Waals surface area contributed by atoms with Crippen LogP contribution in [0, 0.1) is 0 Å². The van der Waals surface area contributed by atoms with Gasteiger partial charge in [0.15, 0.2) is 0 Å². The first-order chi connectivity index (χ1) is 9.65. The Kier molecular flexibility index (Phi) is 4.01. The van der Waals surface area contributed by atoms with Crippen molar-refractivity contribution in [2.75, 3.05) is 5.32 Å². The van der Waals surface area contributed by atoms with Crippen LogP contribution in [0.5, 0.6) is 0 Å². The number of aryl methyl sites for hydroxylation is 1. The fourth-order valence-electron chi connectivity index (χ4n) is 2.85. The summed E-state index contributed by atoms with van der Waals surface area (Å²) in [6.45, 7) is 1.80. The van der Waals surface area contributed by atoms with Gasteiger partial charge in [-0.15, -0.1) is 11.3 Å². The van der Waals surface area contributed by atoms with Crippen molar-refractivity contribution in [1.82, 2.24) is 0 Å². The number of para-hydroxylation sites is 1. The average Bonchev–Trinajstić information content (AvgIpc) is 2.80. The van der Waals surface area contributed by atoms with Gasteiger partial charge in [-0.25, -0.2) is 0 Å². The van der Waals surface area contributed by atoms with Crippen LogP contribution in [0.4, 0.5) is 5.69 Å². The monoisotopic (exact) mass is 307 g/mol. The van der Waals surface area contributed by atoms with Crippen molar-refractivity contribution in [1.29, 1.82) is 0 Å². The standard InChI is InChI=1S/C16H18ClNOS/c1-10(19)11-5-2-3-6-13(11)18-14-7-4-8-15-12(14)9-16(17)20-15/h2-3,5-6,9-10,14,18-19H,4,7-8H2,1H3. The summed E-state index contributed by atoms with van der Waals surface area (Å²) in [5.41, 5.74) is 3.29. The summed E-state index contributed by atoms with van der Waals surface area (Å²) in [7, 11) is 0. The zero-order valence-corrected chi connectivity index (χ0v) is 13.0. The smallest absolute Gasteiger partial charge is 0.0934 e. The normalized spacial score (nSPS) is 19.4. The maximum atomic E-state index is 9.87. The van der Waals surface area contributed by atoms with Gasteiger partial charge in [0.1, 0.15) is 0 Å². The SMILES string of the molecule is CC(O)c1ccccc1NC1CCCc2sc(Cl)cc21. The Morgan fingerprint density at radius 1 is 1.40 bits per heavy atom. The number of nitrogens with one attached hydrogen (secondary N) is 1. The molecule has 106 valence electrons. The van der Waals surface area contributed by atoms with Gasteiger partial charge < -0.3 is 10.4 Å². The first kappa shape index (κ1) is 13.9. The molecule has 2 aromatic rings. The molecule has 2 unspecified atom stereocenters. The van der Waals surface area contributed by atoms with Gasteiger partial charge in [0, 0.05) is 16.1 Å². The zero-order chi connectivity index (χ0) is 14.1. The van der Waals surface area contributed by atoms with Crippen molar-refractivity contribution in [3.8, 4) is 0 Å². The van der Waals surface area contributed by atoms with Gasteiger partial charge in [-0.2, -0.15) is 0 Å². The second-order valence-electron chi connectivity index (χ2n) is 5.28. The van der Waals surface area contributed by atoms with E-state index < -0.39 is 6.10 Å². The molecule has 20 heavy (non-hydrogen) atoms. The molecule has 1 aliphatic rings. The highest BCUT2D eigenvalue weighted by molar-refractivity contribution is 7.16. The van der Waals surface area contributed by atoms with Gasteiger partial charge in [-0.1, -0.05) is 29.8 Å². The molecule has 0 bridgehead atoms. The number of hydrogen-bond donors (Lipinski definition) is 2. The van der Waals surface area contributed by atoms with Crippen molar-refractivity contribution in [3.63, 3.8) is 0 Å². The van der Waals surface area contributed by atoms with Crippen molar-refractivity contribution in [2.24, 2.45) is 0 Å². The fraction of sp³-hybridized carbons (Fsp3) is 0.375. The molecule has 1 aromatic carbocycles. The largest absolute Gasteiger partial charge is 0.389 e. The Bertz CT molecular complexity index is 608. The number of aliphatic hydroxyl groups is 1. The van der Waals surface area contributed by atoms with E-state index in [0.29, 0.717) is 6.04 Å². The molecule has 1 aliphatic carbocycles. The molecule has 1 aromatic heterocycles. The number of halogens is 1. The molecule has 2 atom stereocenters. The molecule has 2 nitrogen and oxygen atoms in total. The van der Waals surface area contributed by atoms with Crippen molar-refractivity contribution >= 4 is 28.6 Å². The molecule has 1 heterocycles. The van der Waals surface area contributed by atoms with E-state index in [1.54, 1.807) is 18.3 Å². The Labute approximate surface area is 128 Å². The third-order valence-electron chi connectivity index (χ3n) is 3.82. The highest BCUT2D eigenvalue weighted by Gasteiger charge is 2.23. The lowest BCUT2D eigenvalue weighted by molar-refractivity contribution is 0.200. The van der Waals surface area contributed by atoms with Crippen LogP contribution in [0.15, 0.2) is 30.3 Å². The lowest BCUT2D eigenvalue weighted by atomic mass is 9.93. The molecule has 0 spiro atoms. The van der Waals surface area contributed by atoms with Crippen LogP contribution in [-0.2, 0) is 6.42 Å². The quantitative estimate of drug-likeness (QED) is 0.841. The van der Waals surface area contributed by atoms with Crippen LogP contribution in [0.1, 0.15) is 47.9 Å². The van der Waals surface area contributed by atoms with E-state index in [4.69, 9.17) is 11.6 Å². The molecule has 2 N–H and O–H groups in total. The third-order valence-corrected chi connectivity index (χ3v) is 5.16. The van der Waals surface area contributed by atoms with Crippen molar-refractivity contribution < 1.29 is 5.11 Å². The summed E-state index contributed by atoms with van der Waals surface area (Å²) >= 11 is 7.84. The Hall–Kier alpha value is -1.03. The molecule has 0 radical (unpaired) electrons. The first-order valence-corrected chi connectivity index (χ1v) is 8.16. The maximum Gasteiger partial charge on any atom is 0.0934 e. The van der Waals surface area contributed by atoms with E-state index in [2.05, 4.69) is 11.4 Å². The van der Waals surface area contributed by atoms with E-state index >= 15 is 0 Å². The molecular formula is C16H18ClNOS. The minimum atomic E-state index is -0.465. The summed E-state index contributed by atoms with van der Waals surface area (Å²) in [6.07, 6.45) is 2.95.